The van der Waals surface area contributed by atoms with Gasteiger partial charge in [0.1, 0.15) is 22.5 Å². The molecule has 174 valence electrons. The highest BCUT2D eigenvalue weighted by Crippen LogP contribution is 2.38. The van der Waals surface area contributed by atoms with Crippen LogP contribution in [-0.2, 0) is 11.2 Å². The van der Waals surface area contributed by atoms with Crippen molar-refractivity contribution in [1.29, 1.82) is 5.26 Å². The third-order valence-corrected chi connectivity index (χ3v) is 7.83. The van der Waals surface area contributed by atoms with Crippen molar-refractivity contribution in [3.63, 3.8) is 0 Å². The molecule has 1 saturated heterocycles. The summed E-state index contributed by atoms with van der Waals surface area (Å²) < 4.78 is 15.1. The van der Waals surface area contributed by atoms with Crippen molar-refractivity contribution in [2.75, 3.05) is 29.9 Å². The fourth-order valence-corrected chi connectivity index (χ4v) is 5.83. The van der Waals surface area contributed by atoms with Crippen molar-refractivity contribution in [2.45, 2.75) is 19.8 Å². The fourth-order valence-electron chi connectivity index (χ4n) is 4.03. The zero-order valence-electron chi connectivity index (χ0n) is 18.4. The first-order valence-electron chi connectivity index (χ1n) is 10.7. The Morgan fingerprint density at radius 3 is 2.74 bits per heavy atom. The van der Waals surface area contributed by atoms with Gasteiger partial charge in [0.2, 0.25) is 10.1 Å². The lowest BCUT2D eigenvalue weighted by atomic mass is 10.1. The predicted molar refractivity (Wildman–Crippen MR) is 128 cm³/mol. The van der Waals surface area contributed by atoms with E-state index in [1.54, 1.807) is 16.6 Å². The van der Waals surface area contributed by atoms with Crippen molar-refractivity contribution in [3.8, 4) is 17.3 Å². The lowest BCUT2D eigenvalue weighted by Crippen LogP contribution is -2.22. The Labute approximate surface area is 202 Å². The van der Waals surface area contributed by atoms with Crippen molar-refractivity contribution >= 4 is 49.7 Å². The Morgan fingerprint density at radius 2 is 2.09 bits per heavy atom. The largest absolute Gasteiger partial charge is 0.481 e. The highest BCUT2D eigenvalue weighted by molar-refractivity contribution is 7.20. The molecule has 4 heterocycles. The molecular formula is C22H20FN7O2S2. The Bertz CT molecular complexity index is 1420. The second kappa shape index (κ2) is 8.66. The molecule has 3 aromatic heterocycles. The van der Waals surface area contributed by atoms with Gasteiger partial charge in [-0.05, 0) is 37.1 Å². The molecule has 0 unspecified atom stereocenters. The van der Waals surface area contributed by atoms with E-state index in [-0.39, 0.29) is 5.82 Å². The van der Waals surface area contributed by atoms with Gasteiger partial charge in [-0.15, -0.1) is 5.10 Å². The average molecular weight is 498 g/mol. The minimum Gasteiger partial charge on any atom is -0.481 e. The number of aromatic nitrogens is 4. The summed E-state index contributed by atoms with van der Waals surface area (Å²) in [4.78, 5) is 25.8. The van der Waals surface area contributed by atoms with E-state index < -0.39 is 11.9 Å². The molecule has 0 radical (unpaired) electrons. The van der Waals surface area contributed by atoms with Gasteiger partial charge in [-0.3, -0.25) is 4.79 Å². The molecule has 4 aromatic rings. The molecular weight excluding hydrogens is 477 g/mol. The van der Waals surface area contributed by atoms with Gasteiger partial charge in [-0.1, -0.05) is 29.6 Å². The monoisotopic (exact) mass is 497 g/mol. The van der Waals surface area contributed by atoms with E-state index in [0.717, 1.165) is 16.6 Å². The number of carboxylic acid groups (broad SMARTS) is 1. The number of aryl methyl sites for hydroxylation is 1. The summed E-state index contributed by atoms with van der Waals surface area (Å²) in [5.41, 5.74) is 2.01. The van der Waals surface area contributed by atoms with E-state index in [1.165, 1.54) is 34.8 Å². The number of imidazole rings is 1. The van der Waals surface area contributed by atoms with Crippen LogP contribution in [0.1, 0.15) is 23.9 Å². The number of nitrogens with zero attached hydrogens (tertiary/aromatic N) is 7. The van der Waals surface area contributed by atoms with Gasteiger partial charge in [0.15, 0.2) is 10.9 Å². The topological polar surface area (TPSA) is 111 Å². The Balaban J connectivity index is 1.52. The van der Waals surface area contributed by atoms with Gasteiger partial charge >= 0.3 is 5.97 Å². The standard InChI is InChI=1S/C22H20FN7O2S2/c1-3-15-18(30-21(25-15)34-22(27-30)29-9-8-13(11-29)19(31)32)28(2)20-26-17(16(10-24)33-20)12-4-6-14(23)7-5-12/h4-7,13H,3,8-9,11H2,1-2H3,(H,31,32)/t13-/m1/s1. The molecule has 0 bridgehead atoms. The molecule has 1 aliphatic rings. The van der Waals surface area contributed by atoms with Crippen LogP contribution in [0.15, 0.2) is 24.3 Å². The first kappa shape index (κ1) is 22.2. The van der Waals surface area contributed by atoms with Crippen LogP contribution >= 0.6 is 22.7 Å². The van der Waals surface area contributed by atoms with E-state index in [2.05, 4.69) is 6.07 Å². The third-order valence-electron chi connectivity index (χ3n) is 5.82. The molecule has 34 heavy (non-hydrogen) atoms. The highest BCUT2D eigenvalue weighted by atomic mass is 32.1. The second-order valence-corrected chi connectivity index (χ2v) is 9.85. The van der Waals surface area contributed by atoms with Crippen LogP contribution in [0.4, 0.5) is 20.5 Å². The number of fused-ring (bicyclic) bond motifs is 1. The molecule has 0 saturated carbocycles. The number of rotatable bonds is 6. The molecule has 0 aliphatic carbocycles. The minimum atomic E-state index is -0.786. The van der Waals surface area contributed by atoms with Gasteiger partial charge in [-0.25, -0.2) is 14.4 Å². The number of carbonyl (C=O) groups is 1. The lowest BCUT2D eigenvalue weighted by molar-refractivity contribution is -0.140. The molecule has 0 amide bonds. The zero-order chi connectivity index (χ0) is 24.0. The first-order valence-corrected chi connectivity index (χ1v) is 12.3. The molecule has 1 atom stereocenters. The number of carboxylic acids is 1. The second-order valence-electron chi connectivity index (χ2n) is 7.94. The van der Waals surface area contributed by atoms with Crippen molar-refractivity contribution in [1.82, 2.24) is 19.6 Å². The van der Waals surface area contributed by atoms with Crippen LogP contribution < -0.4 is 9.80 Å². The molecule has 5 rings (SSSR count). The van der Waals surface area contributed by atoms with Crippen molar-refractivity contribution in [3.05, 3.63) is 40.7 Å². The molecule has 1 aromatic carbocycles. The van der Waals surface area contributed by atoms with Gasteiger partial charge in [-0.2, -0.15) is 9.78 Å². The summed E-state index contributed by atoms with van der Waals surface area (Å²) in [5.74, 6) is -0.783. The van der Waals surface area contributed by atoms with Gasteiger partial charge < -0.3 is 14.9 Å². The molecule has 1 fully saturated rings. The Morgan fingerprint density at radius 1 is 1.32 bits per heavy atom. The summed E-state index contributed by atoms with van der Waals surface area (Å²) in [6.07, 6.45) is 1.27. The zero-order valence-corrected chi connectivity index (χ0v) is 20.0. The van der Waals surface area contributed by atoms with Crippen LogP contribution in [0.2, 0.25) is 0 Å². The number of nitriles is 1. The number of anilines is 3. The summed E-state index contributed by atoms with van der Waals surface area (Å²) in [5, 5.41) is 25.1. The third kappa shape index (κ3) is 3.76. The Kier molecular flexibility index (Phi) is 5.66. The van der Waals surface area contributed by atoms with Crippen molar-refractivity contribution in [2.24, 2.45) is 5.92 Å². The summed E-state index contributed by atoms with van der Waals surface area (Å²) in [7, 11) is 1.85. The number of aliphatic carboxylic acids is 1. The quantitative estimate of drug-likeness (QED) is 0.423. The van der Waals surface area contributed by atoms with E-state index in [4.69, 9.17) is 15.1 Å². The van der Waals surface area contributed by atoms with Crippen LogP contribution in [0.25, 0.3) is 16.2 Å². The lowest BCUT2D eigenvalue weighted by Gasteiger charge is -2.16. The minimum absolute atomic E-state index is 0.351. The average Bonchev–Trinajstić information content (AvgIpc) is 3.60. The van der Waals surface area contributed by atoms with E-state index in [1.807, 2.05) is 23.8 Å². The smallest absolute Gasteiger partial charge is 0.308 e. The molecule has 1 aliphatic heterocycles. The van der Waals surface area contributed by atoms with E-state index in [9.17, 15) is 19.6 Å². The normalized spacial score (nSPS) is 15.7. The van der Waals surface area contributed by atoms with Crippen LogP contribution in [0.5, 0.6) is 0 Å². The maximum atomic E-state index is 13.4. The summed E-state index contributed by atoms with van der Waals surface area (Å²) in [6, 6.07) is 8.10. The predicted octanol–water partition coefficient (Wildman–Crippen LogP) is 4.17. The van der Waals surface area contributed by atoms with Crippen molar-refractivity contribution < 1.29 is 14.3 Å². The van der Waals surface area contributed by atoms with Gasteiger partial charge in [0.05, 0.1) is 11.6 Å². The molecule has 9 nitrogen and oxygen atoms in total. The molecule has 0 spiro atoms. The van der Waals surface area contributed by atoms with Crippen LogP contribution in [0, 0.1) is 23.1 Å². The number of benzene rings is 1. The summed E-state index contributed by atoms with van der Waals surface area (Å²) in [6.45, 7) is 3.07. The number of thiazole rings is 1. The SMILES string of the molecule is CCc1nc2sc(N3CC[C@@H](C(=O)O)C3)nn2c1N(C)c1nc(-c2ccc(F)cc2)c(C#N)s1. The van der Waals surface area contributed by atoms with Crippen LogP contribution in [0.3, 0.4) is 0 Å². The van der Waals surface area contributed by atoms with Crippen LogP contribution in [-0.4, -0.2) is 50.8 Å². The fraction of sp³-hybridized carbons (Fsp3) is 0.318. The van der Waals surface area contributed by atoms with E-state index in [0.29, 0.717) is 52.2 Å². The Hall–Kier alpha value is -3.56. The van der Waals surface area contributed by atoms with Gasteiger partial charge in [0.25, 0.3) is 0 Å². The first-order chi connectivity index (χ1) is 16.4. The number of halogens is 1. The van der Waals surface area contributed by atoms with E-state index >= 15 is 0 Å². The molecule has 1 N–H and O–H groups in total. The molecule has 12 heteroatoms. The van der Waals surface area contributed by atoms with Gasteiger partial charge in [0, 0.05) is 25.7 Å². The summed E-state index contributed by atoms with van der Waals surface area (Å²) >= 11 is 2.67. The highest BCUT2D eigenvalue weighted by Gasteiger charge is 2.31. The number of hydrogen-bond acceptors (Lipinski definition) is 9. The maximum absolute atomic E-state index is 13.4. The maximum Gasteiger partial charge on any atom is 0.308 e. The number of hydrogen-bond donors (Lipinski definition) is 1.